The van der Waals surface area contributed by atoms with Gasteiger partial charge >= 0.3 is 0 Å². The number of halogens is 1. The summed E-state index contributed by atoms with van der Waals surface area (Å²) in [6.45, 7) is 6.57. The van der Waals surface area contributed by atoms with Gasteiger partial charge in [-0.1, -0.05) is 109 Å². The Balaban J connectivity index is 1.53. The zero-order valence-corrected chi connectivity index (χ0v) is 22.2. The molecule has 0 atom stereocenters. The highest BCUT2D eigenvalue weighted by Crippen LogP contribution is 2.30. The second-order valence-electron chi connectivity index (χ2n) is 8.91. The largest absolute Gasteiger partial charge is 0.272 e. The monoisotopic (exact) mass is 547 g/mol. The van der Waals surface area contributed by atoms with E-state index < -0.39 is 0 Å². The van der Waals surface area contributed by atoms with Gasteiger partial charge in [-0.25, -0.2) is 5.43 Å². The molecule has 3 aromatic carbocycles. The number of benzene rings is 3. The van der Waals surface area contributed by atoms with Crippen LogP contribution in [0, 0.1) is 0 Å². The van der Waals surface area contributed by atoms with Gasteiger partial charge in [0.2, 0.25) is 0 Å². The van der Waals surface area contributed by atoms with Crippen molar-refractivity contribution in [2.75, 3.05) is 5.75 Å². The molecule has 35 heavy (non-hydrogen) atoms. The fraction of sp³-hybridized carbons (Fsp3) is 0.185. The van der Waals surface area contributed by atoms with Crippen LogP contribution in [0.2, 0.25) is 0 Å². The minimum Gasteiger partial charge on any atom is -0.272 e. The Kier molecular flexibility index (Phi) is 7.83. The molecule has 0 bridgehead atoms. The molecule has 8 heteroatoms. The third kappa shape index (κ3) is 6.26. The Hall–Kier alpha value is -3.23. The zero-order chi connectivity index (χ0) is 24.8. The fourth-order valence-corrected chi connectivity index (χ4v) is 4.53. The summed E-state index contributed by atoms with van der Waals surface area (Å²) in [6, 6.07) is 26.0. The van der Waals surface area contributed by atoms with Crippen LogP contribution in [-0.2, 0) is 10.2 Å². The molecule has 4 rings (SSSR count). The molecule has 6 nitrogen and oxygen atoms in total. The van der Waals surface area contributed by atoms with Gasteiger partial charge in [0.25, 0.3) is 5.91 Å². The number of hydrogen-bond acceptors (Lipinski definition) is 5. The highest BCUT2D eigenvalue weighted by molar-refractivity contribution is 9.10. The SMILES string of the molecule is CC(C)(C)c1ccc(-c2nnc(SCC(=O)NN=Cc3ccccc3Br)n2-c2ccccc2)cc1. The van der Waals surface area contributed by atoms with Crippen LogP contribution >= 0.6 is 27.7 Å². The van der Waals surface area contributed by atoms with E-state index in [4.69, 9.17) is 0 Å². The quantitative estimate of drug-likeness (QED) is 0.169. The molecule has 4 aromatic rings. The number of nitrogens with one attached hydrogen (secondary N) is 1. The second kappa shape index (κ2) is 11.0. The van der Waals surface area contributed by atoms with Crippen LogP contribution in [-0.4, -0.2) is 32.6 Å². The minimum atomic E-state index is -0.225. The average Bonchev–Trinajstić information content (AvgIpc) is 3.28. The summed E-state index contributed by atoms with van der Waals surface area (Å²) in [5.74, 6) is 0.657. The third-order valence-corrected chi connectivity index (χ3v) is 6.94. The summed E-state index contributed by atoms with van der Waals surface area (Å²) in [5, 5.41) is 13.6. The number of hydrogen-bond donors (Lipinski definition) is 1. The van der Waals surface area contributed by atoms with Crippen molar-refractivity contribution in [3.63, 3.8) is 0 Å². The van der Waals surface area contributed by atoms with E-state index in [9.17, 15) is 4.79 Å². The predicted octanol–water partition coefficient (Wildman–Crippen LogP) is 6.24. The smallest absolute Gasteiger partial charge is 0.250 e. The minimum absolute atomic E-state index is 0.0685. The van der Waals surface area contributed by atoms with E-state index in [0.717, 1.165) is 27.1 Å². The molecule has 0 spiro atoms. The Labute approximate surface area is 218 Å². The van der Waals surface area contributed by atoms with Crippen molar-refractivity contribution in [3.8, 4) is 17.1 Å². The number of carbonyl (C=O) groups is 1. The van der Waals surface area contributed by atoms with E-state index in [1.54, 1.807) is 6.21 Å². The number of nitrogens with zero attached hydrogens (tertiary/aromatic N) is 4. The standard InChI is InChI=1S/C27H26BrN5OS/c1-27(2,3)21-15-13-19(14-16-21)25-31-32-26(33(25)22-10-5-4-6-11-22)35-18-24(34)30-29-17-20-9-7-8-12-23(20)28/h4-17H,18H2,1-3H3,(H,30,34). The van der Waals surface area contributed by atoms with Gasteiger partial charge in [-0.15, -0.1) is 10.2 Å². The highest BCUT2D eigenvalue weighted by Gasteiger charge is 2.19. The first-order chi connectivity index (χ1) is 16.8. The molecular formula is C27H26BrN5OS. The topological polar surface area (TPSA) is 72.2 Å². The van der Waals surface area contributed by atoms with Crippen molar-refractivity contribution in [3.05, 3.63) is 94.5 Å². The molecule has 1 aromatic heterocycles. The molecular weight excluding hydrogens is 522 g/mol. The summed E-state index contributed by atoms with van der Waals surface area (Å²) in [7, 11) is 0. The van der Waals surface area contributed by atoms with Crippen LogP contribution < -0.4 is 5.43 Å². The number of thioether (sulfide) groups is 1. The first-order valence-electron chi connectivity index (χ1n) is 11.1. The summed E-state index contributed by atoms with van der Waals surface area (Å²) in [4.78, 5) is 12.4. The molecule has 0 radical (unpaired) electrons. The van der Waals surface area contributed by atoms with Crippen molar-refractivity contribution in [1.29, 1.82) is 0 Å². The molecule has 178 valence electrons. The lowest BCUT2D eigenvalue weighted by Gasteiger charge is -2.19. The molecule has 1 N–H and O–H groups in total. The van der Waals surface area contributed by atoms with E-state index >= 15 is 0 Å². The van der Waals surface area contributed by atoms with Crippen LogP contribution in [0.5, 0.6) is 0 Å². The number of rotatable bonds is 7. The molecule has 0 saturated heterocycles. The number of carbonyl (C=O) groups excluding carboxylic acids is 1. The fourth-order valence-electron chi connectivity index (χ4n) is 3.40. The first-order valence-corrected chi connectivity index (χ1v) is 12.9. The van der Waals surface area contributed by atoms with Crippen LogP contribution in [0.4, 0.5) is 0 Å². The van der Waals surface area contributed by atoms with Gasteiger partial charge in [0, 0.05) is 21.3 Å². The summed E-state index contributed by atoms with van der Waals surface area (Å²) < 4.78 is 2.89. The lowest BCUT2D eigenvalue weighted by molar-refractivity contribution is -0.118. The highest BCUT2D eigenvalue weighted by atomic mass is 79.9. The molecule has 0 saturated carbocycles. The average molecular weight is 549 g/mol. The van der Waals surface area contributed by atoms with E-state index in [1.807, 2.05) is 59.2 Å². The number of aromatic nitrogens is 3. The van der Waals surface area contributed by atoms with E-state index in [0.29, 0.717) is 5.16 Å². The van der Waals surface area contributed by atoms with Crippen LogP contribution in [0.15, 0.2) is 93.6 Å². The van der Waals surface area contributed by atoms with E-state index in [1.165, 1.54) is 17.3 Å². The van der Waals surface area contributed by atoms with Crippen molar-refractivity contribution in [2.45, 2.75) is 31.3 Å². The van der Waals surface area contributed by atoms with Gasteiger partial charge in [-0.3, -0.25) is 9.36 Å². The maximum absolute atomic E-state index is 12.4. The summed E-state index contributed by atoms with van der Waals surface area (Å²) in [6.07, 6.45) is 1.61. The van der Waals surface area contributed by atoms with Gasteiger partial charge in [0.15, 0.2) is 11.0 Å². The van der Waals surface area contributed by atoms with Crippen molar-refractivity contribution in [2.24, 2.45) is 5.10 Å². The first kappa shape index (κ1) is 24.9. The molecule has 0 aliphatic heterocycles. The van der Waals surface area contributed by atoms with Gasteiger partial charge in [-0.05, 0) is 29.2 Å². The third-order valence-electron chi connectivity index (χ3n) is 5.29. The van der Waals surface area contributed by atoms with Crippen LogP contribution in [0.1, 0.15) is 31.9 Å². The molecule has 0 unspecified atom stereocenters. The Morgan fingerprint density at radius 3 is 2.37 bits per heavy atom. The van der Waals surface area contributed by atoms with Crippen molar-refractivity contribution in [1.82, 2.24) is 20.2 Å². The number of hydrazone groups is 1. The molecule has 0 fully saturated rings. The Morgan fingerprint density at radius 2 is 1.69 bits per heavy atom. The van der Waals surface area contributed by atoms with Crippen LogP contribution in [0.3, 0.4) is 0 Å². The van der Waals surface area contributed by atoms with Gasteiger partial charge in [-0.2, -0.15) is 5.10 Å². The van der Waals surface area contributed by atoms with Gasteiger partial charge in [0.05, 0.1) is 12.0 Å². The maximum atomic E-state index is 12.4. The number of amides is 1. The van der Waals surface area contributed by atoms with E-state index in [-0.39, 0.29) is 17.1 Å². The Bertz CT molecular complexity index is 1330. The molecule has 1 amide bonds. The lowest BCUT2D eigenvalue weighted by atomic mass is 9.87. The lowest BCUT2D eigenvalue weighted by Crippen LogP contribution is -2.20. The van der Waals surface area contributed by atoms with Crippen molar-refractivity contribution >= 4 is 39.8 Å². The second-order valence-corrected chi connectivity index (χ2v) is 10.7. The summed E-state index contributed by atoms with van der Waals surface area (Å²) in [5.41, 5.74) is 6.67. The maximum Gasteiger partial charge on any atom is 0.250 e. The van der Waals surface area contributed by atoms with Gasteiger partial charge in [0.1, 0.15) is 0 Å². The zero-order valence-electron chi connectivity index (χ0n) is 19.8. The normalized spacial score (nSPS) is 11.7. The van der Waals surface area contributed by atoms with Crippen LogP contribution in [0.25, 0.3) is 17.1 Å². The van der Waals surface area contributed by atoms with Gasteiger partial charge < -0.3 is 0 Å². The number of para-hydroxylation sites is 1. The van der Waals surface area contributed by atoms with E-state index in [2.05, 4.69) is 81.7 Å². The molecule has 0 aliphatic carbocycles. The molecule has 1 heterocycles. The summed E-state index contributed by atoms with van der Waals surface area (Å²) >= 11 is 4.78. The predicted molar refractivity (Wildman–Crippen MR) is 146 cm³/mol. The Morgan fingerprint density at radius 1 is 1.00 bits per heavy atom. The van der Waals surface area contributed by atoms with Crippen molar-refractivity contribution < 1.29 is 4.79 Å². The molecule has 0 aliphatic rings.